The standard InChI is InChI=1S/C13H19ClN2O2/c1-8(2)5-6-18-13(17)11-10(14)7-15-12(16-11)9(3)4/h7-9H,5-6H2,1-4H3. The summed E-state index contributed by atoms with van der Waals surface area (Å²) in [4.78, 5) is 20.1. The molecule has 0 aliphatic carbocycles. The van der Waals surface area contributed by atoms with E-state index in [2.05, 4.69) is 23.8 Å². The molecule has 1 aromatic heterocycles. The molecule has 0 saturated carbocycles. The van der Waals surface area contributed by atoms with Gasteiger partial charge in [-0.15, -0.1) is 0 Å². The normalized spacial score (nSPS) is 11.1. The van der Waals surface area contributed by atoms with Gasteiger partial charge in [-0.2, -0.15) is 0 Å². The third kappa shape index (κ3) is 4.26. The van der Waals surface area contributed by atoms with Crippen molar-refractivity contribution in [3.05, 3.63) is 22.7 Å². The topological polar surface area (TPSA) is 52.1 Å². The minimum absolute atomic E-state index is 0.143. The molecule has 1 rings (SSSR count). The van der Waals surface area contributed by atoms with E-state index in [1.165, 1.54) is 6.20 Å². The van der Waals surface area contributed by atoms with Gasteiger partial charge in [0.25, 0.3) is 0 Å². The molecular formula is C13H19ClN2O2. The Bertz CT molecular complexity index is 419. The van der Waals surface area contributed by atoms with Crippen molar-refractivity contribution < 1.29 is 9.53 Å². The Morgan fingerprint density at radius 3 is 2.61 bits per heavy atom. The zero-order valence-electron chi connectivity index (χ0n) is 11.2. The molecule has 1 heterocycles. The number of carbonyl (C=O) groups is 1. The molecule has 0 bridgehead atoms. The molecule has 18 heavy (non-hydrogen) atoms. The summed E-state index contributed by atoms with van der Waals surface area (Å²) in [5.41, 5.74) is 0.152. The molecule has 0 aliphatic heterocycles. The van der Waals surface area contributed by atoms with Crippen molar-refractivity contribution in [2.24, 2.45) is 5.92 Å². The molecule has 5 heteroatoms. The highest BCUT2D eigenvalue weighted by Gasteiger charge is 2.16. The number of ether oxygens (including phenoxy) is 1. The average molecular weight is 271 g/mol. The maximum atomic E-state index is 11.8. The zero-order valence-corrected chi connectivity index (χ0v) is 12.0. The van der Waals surface area contributed by atoms with Crippen LogP contribution in [0.1, 0.15) is 56.3 Å². The predicted octanol–water partition coefficient (Wildman–Crippen LogP) is 3.46. The van der Waals surface area contributed by atoms with E-state index >= 15 is 0 Å². The fourth-order valence-corrected chi connectivity index (χ4v) is 1.43. The van der Waals surface area contributed by atoms with Gasteiger partial charge in [0.15, 0.2) is 5.69 Å². The molecule has 0 unspecified atom stereocenters. The first-order valence-electron chi connectivity index (χ1n) is 6.11. The van der Waals surface area contributed by atoms with Crippen LogP contribution in [0.4, 0.5) is 0 Å². The summed E-state index contributed by atoms with van der Waals surface area (Å²) < 4.78 is 5.14. The quantitative estimate of drug-likeness (QED) is 0.769. The minimum atomic E-state index is -0.482. The highest BCUT2D eigenvalue weighted by atomic mass is 35.5. The second-order valence-corrected chi connectivity index (χ2v) is 5.31. The van der Waals surface area contributed by atoms with E-state index in [9.17, 15) is 4.79 Å². The lowest BCUT2D eigenvalue weighted by atomic mass is 10.1. The van der Waals surface area contributed by atoms with Crippen LogP contribution < -0.4 is 0 Å². The molecule has 0 saturated heterocycles. The first-order chi connectivity index (χ1) is 8.41. The molecule has 0 fully saturated rings. The summed E-state index contributed by atoms with van der Waals surface area (Å²) in [6.07, 6.45) is 2.27. The Hall–Kier alpha value is -1.16. The van der Waals surface area contributed by atoms with E-state index in [0.717, 1.165) is 6.42 Å². The first-order valence-corrected chi connectivity index (χ1v) is 6.49. The fraction of sp³-hybridized carbons (Fsp3) is 0.615. The molecule has 0 aliphatic rings. The smallest absolute Gasteiger partial charge is 0.358 e. The lowest BCUT2D eigenvalue weighted by Crippen LogP contribution is -2.13. The van der Waals surface area contributed by atoms with Crippen molar-refractivity contribution in [1.82, 2.24) is 9.97 Å². The Balaban J connectivity index is 2.75. The van der Waals surface area contributed by atoms with E-state index in [-0.39, 0.29) is 16.6 Å². The van der Waals surface area contributed by atoms with Crippen LogP contribution in [0.15, 0.2) is 6.20 Å². The molecule has 100 valence electrons. The van der Waals surface area contributed by atoms with Gasteiger partial charge >= 0.3 is 5.97 Å². The van der Waals surface area contributed by atoms with Crippen molar-refractivity contribution in [1.29, 1.82) is 0 Å². The van der Waals surface area contributed by atoms with Crippen molar-refractivity contribution in [3.63, 3.8) is 0 Å². The number of aromatic nitrogens is 2. The van der Waals surface area contributed by atoms with E-state index in [1.54, 1.807) is 0 Å². The molecule has 0 atom stereocenters. The monoisotopic (exact) mass is 270 g/mol. The van der Waals surface area contributed by atoms with Crippen molar-refractivity contribution in [3.8, 4) is 0 Å². The third-order valence-corrected chi connectivity index (χ3v) is 2.68. The van der Waals surface area contributed by atoms with Gasteiger partial charge in [0.1, 0.15) is 5.82 Å². The number of esters is 1. The molecule has 4 nitrogen and oxygen atoms in total. The second kappa shape index (κ2) is 6.69. The van der Waals surface area contributed by atoms with Crippen LogP contribution in [0.5, 0.6) is 0 Å². The van der Waals surface area contributed by atoms with Crippen molar-refractivity contribution in [2.75, 3.05) is 6.61 Å². The SMILES string of the molecule is CC(C)CCOC(=O)c1nc(C(C)C)ncc1Cl. The van der Waals surface area contributed by atoms with Gasteiger partial charge in [-0.05, 0) is 12.3 Å². The van der Waals surface area contributed by atoms with Crippen LogP contribution in [0, 0.1) is 5.92 Å². The summed E-state index contributed by atoms with van der Waals surface area (Å²) in [7, 11) is 0. The van der Waals surface area contributed by atoms with Gasteiger partial charge in [0.05, 0.1) is 17.8 Å². The van der Waals surface area contributed by atoms with Gasteiger partial charge in [0.2, 0.25) is 0 Å². The molecule has 0 aromatic carbocycles. The summed E-state index contributed by atoms with van der Waals surface area (Å²) in [5, 5.41) is 0.231. The van der Waals surface area contributed by atoms with Crippen LogP contribution in [0.3, 0.4) is 0 Å². The van der Waals surface area contributed by atoms with E-state index in [1.807, 2.05) is 13.8 Å². The largest absolute Gasteiger partial charge is 0.461 e. The molecule has 0 amide bonds. The lowest BCUT2D eigenvalue weighted by molar-refractivity contribution is 0.0480. The summed E-state index contributed by atoms with van der Waals surface area (Å²) in [6.45, 7) is 8.44. The van der Waals surface area contributed by atoms with Gasteiger partial charge in [0, 0.05) is 5.92 Å². The van der Waals surface area contributed by atoms with Gasteiger partial charge in [-0.1, -0.05) is 39.3 Å². The number of carbonyl (C=O) groups excluding carboxylic acids is 1. The Morgan fingerprint density at radius 2 is 2.06 bits per heavy atom. The molecule has 1 aromatic rings. The highest BCUT2D eigenvalue weighted by molar-refractivity contribution is 6.33. The minimum Gasteiger partial charge on any atom is -0.461 e. The van der Waals surface area contributed by atoms with Crippen LogP contribution in [0.25, 0.3) is 0 Å². The van der Waals surface area contributed by atoms with Crippen molar-refractivity contribution in [2.45, 2.75) is 40.0 Å². The number of nitrogens with zero attached hydrogens (tertiary/aromatic N) is 2. The van der Waals surface area contributed by atoms with E-state index < -0.39 is 5.97 Å². The molecule has 0 radical (unpaired) electrons. The Morgan fingerprint density at radius 1 is 1.39 bits per heavy atom. The molecular weight excluding hydrogens is 252 g/mol. The van der Waals surface area contributed by atoms with Crippen LogP contribution in [-0.4, -0.2) is 22.5 Å². The summed E-state index contributed by atoms with van der Waals surface area (Å²) >= 11 is 5.91. The van der Waals surface area contributed by atoms with Crippen molar-refractivity contribution >= 4 is 17.6 Å². The molecule has 0 N–H and O–H groups in total. The Kier molecular flexibility index (Phi) is 5.54. The maximum absolute atomic E-state index is 11.8. The number of halogens is 1. The van der Waals surface area contributed by atoms with E-state index in [0.29, 0.717) is 18.3 Å². The fourth-order valence-electron chi connectivity index (χ4n) is 1.26. The first kappa shape index (κ1) is 14.9. The third-order valence-electron chi connectivity index (χ3n) is 2.40. The number of rotatable bonds is 5. The van der Waals surface area contributed by atoms with Gasteiger partial charge < -0.3 is 4.74 Å². The average Bonchev–Trinajstić information content (AvgIpc) is 2.28. The number of hydrogen-bond acceptors (Lipinski definition) is 4. The van der Waals surface area contributed by atoms with Gasteiger partial charge in [-0.25, -0.2) is 14.8 Å². The predicted molar refractivity (Wildman–Crippen MR) is 70.9 cm³/mol. The van der Waals surface area contributed by atoms with Crippen LogP contribution in [-0.2, 0) is 4.74 Å². The summed E-state index contributed by atoms with van der Waals surface area (Å²) in [6, 6.07) is 0. The zero-order chi connectivity index (χ0) is 13.7. The van der Waals surface area contributed by atoms with E-state index in [4.69, 9.17) is 16.3 Å². The van der Waals surface area contributed by atoms with Crippen LogP contribution in [0.2, 0.25) is 5.02 Å². The highest BCUT2D eigenvalue weighted by Crippen LogP contribution is 2.17. The summed E-state index contributed by atoms with van der Waals surface area (Å²) in [5.74, 6) is 0.745. The maximum Gasteiger partial charge on any atom is 0.358 e. The van der Waals surface area contributed by atoms with Crippen LogP contribution >= 0.6 is 11.6 Å². The lowest BCUT2D eigenvalue weighted by Gasteiger charge is -2.09. The molecule has 0 spiro atoms. The second-order valence-electron chi connectivity index (χ2n) is 4.90. The van der Waals surface area contributed by atoms with Gasteiger partial charge in [-0.3, -0.25) is 0 Å². The number of hydrogen-bond donors (Lipinski definition) is 0. The Labute approximate surface area is 113 Å².